The quantitative estimate of drug-likeness (QED) is 0.884. The summed E-state index contributed by atoms with van der Waals surface area (Å²) in [5.41, 5.74) is 0.722. The van der Waals surface area contributed by atoms with Crippen LogP contribution in [0.15, 0.2) is 30.3 Å². The van der Waals surface area contributed by atoms with Gasteiger partial charge < -0.3 is 5.11 Å². The van der Waals surface area contributed by atoms with E-state index in [0.717, 1.165) is 25.8 Å². The number of aliphatic carboxylic acids is 1. The highest BCUT2D eigenvalue weighted by molar-refractivity contribution is 5.74. The SMILES string of the molecule is CCCC(c1ccccc1)N1CCC(C)(C(=O)O)C1. The first-order valence-electron chi connectivity index (χ1n) is 7.09. The van der Waals surface area contributed by atoms with Crippen LogP contribution in [0.4, 0.5) is 0 Å². The number of likely N-dealkylation sites (tertiary alicyclic amines) is 1. The highest BCUT2D eigenvalue weighted by Gasteiger charge is 2.42. The molecule has 2 rings (SSSR count). The fourth-order valence-electron chi connectivity index (χ4n) is 2.95. The van der Waals surface area contributed by atoms with E-state index in [1.807, 2.05) is 13.0 Å². The van der Waals surface area contributed by atoms with Crippen molar-refractivity contribution in [2.45, 2.75) is 39.2 Å². The zero-order chi connectivity index (χ0) is 13.9. The molecule has 1 heterocycles. The zero-order valence-corrected chi connectivity index (χ0v) is 11.8. The molecular weight excluding hydrogens is 238 g/mol. The van der Waals surface area contributed by atoms with Crippen LogP contribution in [0.25, 0.3) is 0 Å². The Morgan fingerprint density at radius 2 is 2.11 bits per heavy atom. The lowest BCUT2D eigenvalue weighted by molar-refractivity contribution is -0.147. The molecule has 1 aromatic carbocycles. The number of hydrogen-bond donors (Lipinski definition) is 1. The maximum Gasteiger partial charge on any atom is 0.310 e. The second kappa shape index (κ2) is 5.74. The van der Waals surface area contributed by atoms with Crippen molar-refractivity contribution >= 4 is 5.97 Å². The smallest absolute Gasteiger partial charge is 0.310 e. The van der Waals surface area contributed by atoms with Crippen molar-refractivity contribution < 1.29 is 9.90 Å². The van der Waals surface area contributed by atoms with E-state index in [9.17, 15) is 9.90 Å². The third-order valence-corrected chi connectivity index (χ3v) is 4.21. The lowest BCUT2D eigenvalue weighted by Crippen LogP contribution is -2.33. The fourth-order valence-corrected chi connectivity index (χ4v) is 2.95. The van der Waals surface area contributed by atoms with Gasteiger partial charge in [0.05, 0.1) is 5.41 Å². The van der Waals surface area contributed by atoms with Crippen LogP contribution < -0.4 is 0 Å². The molecular formula is C16H23NO2. The molecule has 1 aromatic rings. The Kier molecular flexibility index (Phi) is 4.25. The molecule has 3 nitrogen and oxygen atoms in total. The predicted octanol–water partition coefficient (Wildman–Crippen LogP) is 3.32. The van der Waals surface area contributed by atoms with Crippen molar-refractivity contribution in [2.75, 3.05) is 13.1 Å². The van der Waals surface area contributed by atoms with Crippen LogP contribution in [0.5, 0.6) is 0 Å². The summed E-state index contributed by atoms with van der Waals surface area (Å²) in [7, 11) is 0. The van der Waals surface area contributed by atoms with Gasteiger partial charge in [-0.05, 0) is 31.9 Å². The van der Waals surface area contributed by atoms with Gasteiger partial charge in [0, 0.05) is 12.6 Å². The molecule has 104 valence electrons. The van der Waals surface area contributed by atoms with Crippen molar-refractivity contribution in [1.82, 2.24) is 4.90 Å². The van der Waals surface area contributed by atoms with Crippen LogP contribution in [0, 0.1) is 5.41 Å². The number of hydrogen-bond acceptors (Lipinski definition) is 2. The minimum atomic E-state index is -0.668. The second-order valence-electron chi connectivity index (χ2n) is 5.80. The van der Waals surface area contributed by atoms with Gasteiger partial charge in [-0.15, -0.1) is 0 Å². The monoisotopic (exact) mass is 261 g/mol. The standard InChI is InChI=1S/C16H23NO2/c1-3-7-14(13-8-5-4-6-9-13)17-11-10-16(2,12-17)15(18)19/h4-6,8-9,14H,3,7,10-12H2,1-2H3,(H,18,19). The molecule has 19 heavy (non-hydrogen) atoms. The van der Waals surface area contributed by atoms with Gasteiger partial charge in [0.15, 0.2) is 0 Å². The van der Waals surface area contributed by atoms with Gasteiger partial charge in [-0.25, -0.2) is 0 Å². The van der Waals surface area contributed by atoms with Crippen LogP contribution in [0.2, 0.25) is 0 Å². The molecule has 0 amide bonds. The summed E-state index contributed by atoms with van der Waals surface area (Å²) < 4.78 is 0. The first-order chi connectivity index (χ1) is 9.07. The molecule has 3 heteroatoms. The molecule has 1 N–H and O–H groups in total. The van der Waals surface area contributed by atoms with E-state index in [0.29, 0.717) is 12.6 Å². The molecule has 0 bridgehead atoms. The number of carboxylic acid groups (broad SMARTS) is 1. The molecule has 0 radical (unpaired) electrons. The highest BCUT2D eigenvalue weighted by Crippen LogP contribution is 2.37. The van der Waals surface area contributed by atoms with E-state index in [1.165, 1.54) is 5.56 Å². The van der Waals surface area contributed by atoms with Gasteiger partial charge in [-0.1, -0.05) is 43.7 Å². The highest BCUT2D eigenvalue weighted by atomic mass is 16.4. The van der Waals surface area contributed by atoms with Crippen LogP contribution in [-0.2, 0) is 4.79 Å². The summed E-state index contributed by atoms with van der Waals surface area (Å²) in [6.45, 7) is 5.58. The van der Waals surface area contributed by atoms with Gasteiger partial charge in [0.25, 0.3) is 0 Å². The lowest BCUT2D eigenvalue weighted by Gasteiger charge is -2.29. The molecule has 2 atom stereocenters. The van der Waals surface area contributed by atoms with Gasteiger partial charge in [0.1, 0.15) is 0 Å². The van der Waals surface area contributed by atoms with Gasteiger partial charge in [0.2, 0.25) is 0 Å². The van der Waals surface area contributed by atoms with Crippen molar-refractivity contribution in [3.8, 4) is 0 Å². The van der Waals surface area contributed by atoms with Crippen LogP contribution >= 0.6 is 0 Å². The molecule has 0 aromatic heterocycles. The Bertz CT molecular complexity index is 432. The Labute approximate surface area is 115 Å². The van der Waals surface area contributed by atoms with E-state index in [2.05, 4.69) is 36.1 Å². The average Bonchev–Trinajstić information content (AvgIpc) is 2.81. The van der Waals surface area contributed by atoms with E-state index in [4.69, 9.17) is 0 Å². The molecule has 1 aliphatic heterocycles. The Morgan fingerprint density at radius 1 is 1.42 bits per heavy atom. The van der Waals surface area contributed by atoms with Gasteiger partial charge >= 0.3 is 5.97 Å². The Balaban J connectivity index is 2.16. The third-order valence-electron chi connectivity index (χ3n) is 4.21. The molecule has 1 aliphatic rings. The van der Waals surface area contributed by atoms with E-state index in [-0.39, 0.29) is 0 Å². The van der Waals surface area contributed by atoms with E-state index < -0.39 is 11.4 Å². The number of benzene rings is 1. The van der Waals surface area contributed by atoms with E-state index >= 15 is 0 Å². The molecule has 0 spiro atoms. The van der Waals surface area contributed by atoms with Crippen LogP contribution in [0.1, 0.15) is 44.7 Å². The summed E-state index contributed by atoms with van der Waals surface area (Å²) in [6.07, 6.45) is 2.94. The topological polar surface area (TPSA) is 40.5 Å². The maximum atomic E-state index is 11.4. The molecule has 0 saturated carbocycles. The molecule has 1 fully saturated rings. The average molecular weight is 261 g/mol. The normalized spacial score (nSPS) is 25.4. The molecule has 2 unspecified atom stereocenters. The Hall–Kier alpha value is -1.35. The number of carbonyl (C=O) groups is 1. The first kappa shape index (κ1) is 14.1. The first-order valence-corrected chi connectivity index (χ1v) is 7.09. The minimum Gasteiger partial charge on any atom is -0.481 e. The van der Waals surface area contributed by atoms with Crippen LogP contribution in [0.3, 0.4) is 0 Å². The number of carboxylic acids is 1. The summed E-state index contributed by atoms with van der Waals surface area (Å²) in [4.78, 5) is 13.7. The van der Waals surface area contributed by atoms with E-state index in [1.54, 1.807) is 0 Å². The van der Waals surface area contributed by atoms with Gasteiger partial charge in [-0.2, -0.15) is 0 Å². The van der Waals surface area contributed by atoms with Crippen molar-refractivity contribution in [3.05, 3.63) is 35.9 Å². The van der Waals surface area contributed by atoms with Crippen molar-refractivity contribution in [2.24, 2.45) is 5.41 Å². The largest absolute Gasteiger partial charge is 0.481 e. The minimum absolute atomic E-state index is 0.354. The zero-order valence-electron chi connectivity index (χ0n) is 11.8. The second-order valence-corrected chi connectivity index (χ2v) is 5.80. The predicted molar refractivity (Wildman–Crippen MR) is 76.0 cm³/mol. The number of nitrogens with zero attached hydrogens (tertiary/aromatic N) is 1. The van der Waals surface area contributed by atoms with Gasteiger partial charge in [-0.3, -0.25) is 9.69 Å². The maximum absolute atomic E-state index is 11.4. The third kappa shape index (κ3) is 2.98. The van der Waals surface area contributed by atoms with Crippen molar-refractivity contribution in [3.63, 3.8) is 0 Å². The Morgan fingerprint density at radius 3 is 2.63 bits per heavy atom. The summed E-state index contributed by atoms with van der Waals surface area (Å²) >= 11 is 0. The fraction of sp³-hybridized carbons (Fsp3) is 0.562. The molecule has 1 saturated heterocycles. The van der Waals surface area contributed by atoms with Crippen LogP contribution in [-0.4, -0.2) is 29.1 Å². The summed E-state index contributed by atoms with van der Waals surface area (Å²) in [5.74, 6) is -0.668. The summed E-state index contributed by atoms with van der Waals surface area (Å²) in [5, 5.41) is 9.35. The summed E-state index contributed by atoms with van der Waals surface area (Å²) in [6, 6.07) is 10.8. The molecule has 0 aliphatic carbocycles. The number of rotatable bonds is 5. The van der Waals surface area contributed by atoms with Crippen molar-refractivity contribution in [1.29, 1.82) is 0 Å². The lowest BCUT2D eigenvalue weighted by atomic mass is 9.90.